The third kappa shape index (κ3) is 2.51. The van der Waals surface area contributed by atoms with Gasteiger partial charge in [0.1, 0.15) is 6.10 Å². The van der Waals surface area contributed by atoms with Crippen LogP contribution in [-0.4, -0.2) is 37.4 Å². The van der Waals surface area contributed by atoms with Crippen molar-refractivity contribution >= 4 is 0 Å². The summed E-state index contributed by atoms with van der Waals surface area (Å²) >= 11 is 0. The van der Waals surface area contributed by atoms with E-state index in [1.807, 2.05) is 0 Å². The summed E-state index contributed by atoms with van der Waals surface area (Å²) < 4.78 is 87.5. The van der Waals surface area contributed by atoms with E-state index >= 15 is 8.78 Å². The van der Waals surface area contributed by atoms with Gasteiger partial charge in [-0.1, -0.05) is 25.5 Å². The van der Waals surface area contributed by atoms with Crippen LogP contribution in [0, 0.1) is 41.4 Å². The fourth-order valence-corrected chi connectivity index (χ4v) is 7.43. The molecule has 3 saturated carbocycles. The van der Waals surface area contributed by atoms with Gasteiger partial charge in [-0.25, -0.2) is 0 Å². The summed E-state index contributed by atoms with van der Waals surface area (Å²) in [7, 11) is 0.643. The molecule has 29 heavy (non-hydrogen) atoms. The molecule has 0 amide bonds. The highest BCUT2D eigenvalue weighted by molar-refractivity contribution is 5.22. The van der Waals surface area contributed by atoms with Gasteiger partial charge in [-0.3, -0.25) is 0 Å². The van der Waals surface area contributed by atoms with Crippen LogP contribution in [-0.2, 0) is 14.2 Å². The van der Waals surface area contributed by atoms with Crippen molar-refractivity contribution in [1.82, 2.24) is 0 Å². The summed E-state index contributed by atoms with van der Waals surface area (Å²) in [5.41, 5.74) is 0. The quantitative estimate of drug-likeness (QED) is 0.356. The largest absolute Gasteiger partial charge is 0.450 e. The monoisotopic (exact) mass is 422 g/mol. The predicted octanol–water partition coefficient (Wildman–Crippen LogP) is 5.16. The molecule has 0 N–H and O–H groups in total. The van der Waals surface area contributed by atoms with Gasteiger partial charge >= 0.3 is 17.9 Å². The van der Waals surface area contributed by atoms with Crippen molar-refractivity contribution in [2.75, 3.05) is 7.11 Å². The summed E-state index contributed by atoms with van der Waals surface area (Å²) in [6, 6.07) is 0. The lowest BCUT2D eigenvalue weighted by Gasteiger charge is -2.52. The SMILES string of the molecule is CCCC1OC(C2CC3CC2C2C4C=CC(C4)C32)C(F)(F)C(OC)(C(F)(F)F)O1. The number of alkyl halides is 5. The van der Waals surface area contributed by atoms with Gasteiger partial charge in [0, 0.05) is 7.11 Å². The van der Waals surface area contributed by atoms with Crippen molar-refractivity contribution < 1.29 is 36.2 Å². The number of halogens is 5. The smallest absolute Gasteiger partial charge is 0.342 e. The lowest BCUT2D eigenvalue weighted by atomic mass is 9.67. The van der Waals surface area contributed by atoms with Crippen LogP contribution in [0.1, 0.15) is 39.0 Å². The fraction of sp³-hybridized carbons (Fsp3) is 0.905. The van der Waals surface area contributed by atoms with Crippen molar-refractivity contribution in [1.29, 1.82) is 0 Å². The molecule has 0 aromatic carbocycles. The molecule has 164 valence electrons. The number of rotatable bonds is 4. The van der Waals surface area contributed by atoms with Crippen molar-refractivity contribution in [3.05, 3.63) is 12.2 Å². The van der Waals surface area contributed by atoms with E-state index in [1.54, 1.807) is 6.92 Å². The zero-order valence-electron chi connectivity index (χ0n) is 16.5. The maximum absolute atomic E-state index is 15.5. The second-order valence-electron chi connectivity index (χ2n) is 9.50. The predicted molar refractivity (Wildman–Crippen MR) is 92.8 cm³/mol. The van der Waals surface area contributed by atoms with E-state index in [0.717, 1.165) is 12.8 Å². The highest BCUT2D eigenvalue weighted by Crippen LogP contribution is 2.69. The summed E-state index contributed by atoms with van der Waals surface area (Å²) in [5.74, 6) is -6.96. The molecule has 4 bridgehead atoms. The Morgan fingerprint density at radius 3 is 2.31 bits per heavy atom. The standard InChI is InChI=1S/C21H27F5O3/c1-3-4-15-28-18(19(22,23)20(27-2,29-15)21(24,25)26)14-9-12-8-13(14)17-11-6-5-10(7-11)16(12)17/h5-6,10-18H,3-4,7-9H2,1-2H3. The molecule has 1 aliphatic heterocycles. The summed E-state index contributed by atoms with van der Waals surface area (Å²) in [5, 5.41) is 0. The molecule has 0 radical (unpaired) electrons. The van der Waals surface area contributed by atoms with Crippen LogP contribution in [0.5, 0.6) is 0 Å². The Hall–Kier alpha value is -0.730. The Labute approximate surface area is 166 Å². The van der Waals surface area contributed by atoms with Gasteiger partial charge in [0.25, 0.3) is 0 Å². The Kier molecular flexibility index (Phi) is 4.45. The number of methoxy groups -OCH3 is 1. The van der Waals surface area contributed by atoms with Crippen LogP contribution in [0.2, 0.25) is 0 Å². The highest BCUT2D eigenvalue weighted by atomic mass is 19.4. The van der Waals surface area contributed by atoms with Crippen molar-refractivity contribution in [2.24, 2.45) is 41.4 Å². The van der Waals surface area contributed by atoms with E-state index < -0.39 is 36.2 Å². The van der Waals surface area contributed by atoms with Crippen LogP contribution in [0.15, 0.2) is 12.2 Å². The van der Waals surface area contributed by atoms with Crippen LogP contribution in [0.3, 0.4) is 0 Å². The number of allylic oxidation sites excluding steroid dienone is 2. The Morgan fingerprint density at radius 1 is 1.03 bits per heavy atom. The summed E-state index contributed by atoms with van der Waals surface area (Å²) in [4.78, 5) is 0. The molecule has 0 spiro atoms. The van der Waals surface area contributed by atoms with Gasteiger partial charge < -0.3 is 14.2 Å². The lowest BCUT2D eigenvalue weighted by Crippen LogP contribution is -2.72. The molecule has 4 aliphatic carbocycles. The minimum atomic E-state index is -5.38. The lowest BCUT2D eigenvalue weighted by molar-refractivity contribution is -0.512. The molecule has 0 aromatic heterocycles. The van der Waals surface area contributed by atoms with Crippen molar-refractivity contribution in [2.45, 2.75) is 69.3 Å². The first-order chi connectivity index (χ1) is 13.6. The van der Waals surface area contributed by atoms with Gasteiger partial charge in [0.2, 0.25) is 0 Å². The van der Waals surface area contributed by atoms with Crippen LogP contribution in [0.25, 0.3) is 0 Å². The Morgan fingerprint density at radius 2 is 1.69 bits per heavy atom. The van der Waals surface area contributed by atoms with E-state index in [1.165, 1.54) is 0 Å². The van der Waals surface area contributed by atoms with E-state index in [9.17, 15) is 13.2 Å². The second kappa shape index (κ2) is 6.39. The molecule has 10 atom stereocenters. The normalized spacial score (nSPS) is 52.3. The molecule has 8 heteroatoms. The molecular formula is C21H27F5O3. The number of hydrogen-bond donors (Lipinski definition) is 0. The van der Waals surface area contributed by atoms with E-state index in [2.05, 4.69) is 16.9 Å². The Balaban J connectivity index is 1.49. The summed E-state index contributed by atoms with van der Waals surface area (Å²) in [6.07, 6.45) is -1.23. The number of ether oxygens (including phenoxy) is 3. The fourth-order valence-electron chi connectivity index (χ4n) is 7.43. The maximum atomic E-state index is 15.5. The third-order valence-electron chi connectivity index (χ3n) is 8.29. The average Bonchev–Trinajstić information content (AvgIpc) is 3.40. The highest BCUT2D eigenvalue weighted by Gasteiger charge is 2.80. The van der Waals surface area contributed by atoms with Gasteiger partial charge in [-0.2, -0.15) is 22.0 Å². The van der Waals surface area contributed by atoms with Crippen molar-refractivity contribution in [3.8, 4) is 0 Å². The van der Waals surface area contributed by atoms with Crippen LogP contribution in [0.4, 0.5) is 22.0 Å². The molecule has 1 saturated heterocycles. The van der Waals surface area contributed by atoms with E-state index in [4.69, 9.17) is 9.47 Å². The first-order valence-corrected chi connectivity index (χ1v) is 10.7. The van der Waals surface area contributed by atoms with Crippen LogP contribution >= 0.6 is 0 Å². The number of hydrogen-bond acceptors (Lipinski definition) is 3. The first kappa shape index (κ1) is 20.2. The topological polar surface area (TPSA) is 27.7 Å². The average molecular weight is 422 g/mol. The third-order valence-corrected chi connectivity index (χ3v) is 8.29. The molecule has 5 aliphatic rings. The minimum Gasteiger partial charge on any atom is -0.342 e. The first-order valence-electron chi connectivity index (χ1n) is 10.7. The van der Waals surface area contributed by atoms with Gasteiger partial charge in [-0.05, 0) is 67.1 Å². The second-order valence-corrected chi connectivity index (χ2v) is 9.50. The maximum Gasteiger partial charge on any atom is 0.450 e. The van der Waals surface area contributed by atoms with Gasteiger partial charge in [0.05, 0.1) is 0 Å². The molecule has 5 rings (SSSR count). The number of fused-ring (bicyclic) bond motifs is 9. The molecule has 3 nitrogen and oxygen atoms in total. The molecular weight excluding hydrogens is 395 g/mol. The van der Waals surface area contributed by atoms with Crippen LogP contribution < -0.4 is 0 Å². The molecule has 0 aromatic rings. The zero-order chi connectivity index (χ0) is 20.8. The minimum absolute atomic E-state index is 0.0241. The zero-order valence-corrected chi connectivity index (χ0v) is 16.5. The van der Waals surface area contributed by atoms with E-state index in [-0.39, 0.29) is 12.3 Å². The Bertz CT molecular complexity index is 694. The van der Waals surface area contributed by atoms with E-state index in [0.29, 0.717) is 49.5 Å². The summed E-state index contributed by atoms with van der Waals surface area (Å²) in [6.45, 7) is 1.75. The molecule has 10 unspecified atom stereocenters. The van der Waals surface area contributed by atoms with Gasteiger partial charge in [0.15, 0.2) is 6.29 Å². The van der Waals surface area contributed by atoms with Gasteiger partial charge in [-0.15, -0.1) is 0 Å². The molecule has 1 heterocycles. The van der Waals surface area contributed by atoms with Crippen molar-refractivity contribution in [3.63, 3.8) is 0 Å². The molecule has 4 fully saturated rings.